The number of hydrogen-bond donors (Lipinski definition) is 1. The second kappa shape index (κ2) is 7.60. The molecule has 7 heteroatoms. The van der Waals surface area contributed by atoms with Crippen molar-refractivity contribution in [3.8, 4) is 11.5 Å². The quantitative estimate of drug-likeness (QED) is 0.679. The Morgan fingerprint density at radius 2 is 1.66 bits per heavy atom. The molecule has 0 spiro atoms. The van der Waals surface area contributed by atoms with E-state index in [9.17, 15) is 13.2 Å². The van der Waals surface area contributed by atoms with Crippen molar-refractivity contribution in [1.29, 1.82) is 0 Å². The van der Waals surface area contributed by atoms with E-state index in [0.29, 0.717) is 40.5 Å². The highest BCUT2D eigenvalue weighted by Gasteiger charge is 2.27. The van der Waals surface area contributed by atoms with Crippen LogP contribution in [0.4, 0.5) is 11.4 Å². The molecule has 0 unspecified atom stereocenters. The number of ether oxygens (including phenoxy) is 1. The number of carbonyl (C=O) groups is 1. The Balaban J connectivity index is 1.65. The molecule has 3 aromatic rings. The summed E-state index contributed by atoms with van der Waals surface area (Å²) < 4.78 is 33.6. The van der Waals surface area contributed by atoms with Crippen molar-refractivity contribution in [2.45, 2.75) is 12.7 Å². The Morgan fingerprint density at radius 3 is 2.41 bits per heavy atom. The minimum atomic E-state index is -3.63. The van der Waals surface area contributed by atoms with Gasteiger partial charge in [0.25, 0.3) is 5.91 Å². The molecular formula is C22H20N2O4S. The van der Waals surface area contributed by atoms with Crippen molar-refractivity contribution in [3.05, 3.63) is 83.9 Å². The maximum Gasteiger partial charge on any atom is 0.262 e. The number of benzene rings is 3. The number of anilines is 2. The summed E-state index contributed by atoms with van der Waals surface area (Å²) in [6.07, 6.45) is 0. The molecule has 0 atom stereocenters. The van der Waals surface area contributed by atoms with Crippen molar-refractivity contribution in [1.82, 2.24) is 0 Å². The van der Waals surface area contributed by atoms with Crippen LogP contribution in [-0.4, -0.2) is 20.9 Å². The Bertz CT molecular complexity index is 1160. The summed E-state index contributed by atoms with van der Waals surface area (Å²) in [7, 11) is -3.63. The molecule has 1 aliphatic rings. The van der Waals surface area contributed by atoms with Crippen molar-refractivity contribution in [2.75, 3.05) is 16.2 Å². The number of nitrogens with zero attached hydrogens (tertiary/aromatic N) is 1. The molecule has 0 fully saturated rings. The zero-order valence-corrected chi connectivity index (χ0v) is 16.6. The normalized spacial score (nSPS) is 13.1. The molecule has 0 radical (unpaired) electrons. The van der Waals surface area contributed by atoms with E-state index in [-0.39, 0.29) is 11.7 Å². The predicted molar refractivity (Wildman–Crippen MR) is 113 cm³/mol. The molecule has 1 N–H and O–H groups in total. The van der Waals surface area contributed by atoms with Gasteiger partial charge in [-0.2, -0.15) is 0 Å². The van der Waals surface area contributed by atoms with Crippen LogP contribution in [0.2, 0.25) is 0 Å². The fraction of sp³-hybridized carbons (Fsp3) is 0.136. The van der Waals surface area contributed by atoms with E-state index >= 15 is 0 Å². The lowest BCUT2D eigenvalue weighted by Gasteiger charge is -2.19. The van der Waals surface area contributed by atoms with Gasteiger partial charge in [-0.1, -0.05) is 42.5 Å². The highest BCUT2D eigenvalue weighted by Crippen LogP contribution is 2.39. The molecular weight excluding hydrogens is 388 g/mol. The van der Waals surface area contributed by atoms with E-state index in [0.717, 1.165) is 0 Å². The molecule has 4 rings (SSSR count). The maximum absolute atomic E-state index is 13.1. The summed E-state index contributed by atoms with van der Waals surface area (Å²) in [5.74, 6) is 0.585. The van der Waals surface area contributed by atoms with E-state index in [1.807, 2.05) is 31.2 Å². The number of rotatable bonds is 5. The number of carbonyl (C=O) groups excluding carboxylic acids is 1. The number of sulfonamides is 1. The van der Waals surface area contributed by atoms with Crippen molar-refractivity contribution in [3.63, 3.8) is 0 Å². The molecule has 0 saturated carbocycles. The summed E-state index contributed by atoms with van der Waals surface area (Å²) in [5.41, 5.74) is 1.99. The van der Waals surface area contributed by atoms with Crippen molar-refractivity contribution in [2.24, 2.45) is 0 Å². The van der Waals surface area contributed by atoms with E-state index in [2.05, 4.69) is 4.72 Å². The zero-order valence-electron chi connectivity index (χ0n) is 15.8. The van der Waals surface area contributed by atoms with Gasteiger partial charge in [0, 0.05) is 12.2 Å². The Labute approximate surface area is 169 Å². The van der Waals surface area contributed by atoms with E-state index in [4.69, 9.17) is 4.74 Å². The van der Waals surface area contributed by atoms with Crippen LogP contribution >= 0.6 is 0 Å². The minimum Gasteiger partial charge on any atom is -0.454 e. The lowest BCUT2D eigenvalue weighted by atomic mass is 10.1. The average molecular weight is 408 g/mol. The fourth-order valence-corrected chi connectivity index (χ4v) is 4.50. The van der Waals surface area contributed by atoms with Gasteiger partial charge in [0.05, 0.1) is 17.0 Å². The smallest absolute Gasteiger partial charge is 0.262 e. The number of amides is 1. The number of nitrogens with one attached hydrogen (secondary N) is 1. The van der Waals surface area contributed by atoms with Crippen LogP contribution in [0.15, 0.2) is 72.8 Å². The summed E-state index contributed by atoms with van der Waals surface area (Å²) in [4.78, 5) is 14.7. The SMILES string of the molecule is CCN1C(=O)c2cc(NS(=O)(=O)Cc3ccccc3)ccc2Oc2ccccc21. The first-order chi connectivity index (χ1) is 14.0. The summed E-state index contributed by atoms with van der Waals surface area (Å²) in [5, 5.41) is 0. The number of hydrogen-bond acceptors (Lipinski definition) is 4. The van der Waals surface area contributed by atoms with Crippen LogP contribution in [0.25, 0.3) is 0 Å². The van der Waals surface area contributed by atoms with Crippen LogP contribution < -0.4 is 14.4 Å². The topological polar surface area (TPSA) is 75.7 Å². The highest BCUT2D eigenvalue weighted by molar-refractivity contribution is 7.91. The van der Waals surface area contributed by atoms with Gasteiger partial charge in [-0.3, -0.25) is 9.52 Å². The Morgan fingerprint density at radius 1 is 0.931 bits per heavy atom. The standard InChI is InChI=1S/C22H20N2O4S/c1-2-24-19-10-6-7-11-21(19)28-20-13-12-17(14-18(20)22(24)25)23-29(26,27)15-16-8-4-3-5-9-16/h3-14,23H,2,15H2,1H3. The molecule has 0 saturated heterocycles. The molecule has 148 valence electrons. The molecule has 1 amide bonds. The summed E-state index contributed by atoms with van der Waals surface area (Å²) >= 11 is 0. The van der Waals surface area contributed by atoms with Crippen LogP contribution in [-0.2, 0) is 15.8 Å². The van der Waals surface area contributed by atoms with Crippen LogP contribution in [0, 0.1) is 0 Å². The largest absolute Gasteiger partial charge is 0.454 e. The predicted octanol–water partition coefficient (Wildman–Crippen LogP) is 4.40. The first-order valence-corrected chi connectivity index (χ1v) is 10.9. The van der Waals surface area contributed by atoms with Crippen molar-refractivity contribution < 1.29 is 17.9 Å². The number of para-hydroxylation sites is 2. The van der Waals surface area contributed by atoms with E-state index in [1.54, 1.807) is 47.4 Å². The van der Waals surface area contributed by atoms with Crippen molar-refractivity contribution >= 4 is 27.3 Å². The molecule has 0 aliphatic carbocycles. The second-order valence-electron chi connectivity index (χ2n) is 6.68. The van der Waals surface area contributed by atoms with Gasteiger partial charge < -0.3 is 9.64 Å². The van der Waals surface area contributed by atoms with Crippen LogP contribution in [0.3, 0.4) is 0 Å². The third-order valence-corrected chi connectivity index (χ3v) is 5.88. The van der Waals surface area contributed by atoms with Crippen LogP contribution in [0.1, 0.15) is 22.8 Å². The highest BCUT2D eigenvalue weighted by atomic mass is 32.2. The monoisotopic (exact) mass is 408 g/mol. The molecule has 0 aromatic heterocycles. The minimum absolute atomic E-state index is 0.151. The average Bonchev–Trinajstić information content (AvgIpc) is 2.82. The number of fused-ring (bicyclic) bond motifs is 2. The maximum atomic E-state index is 13.1. The van der Waals surface area contributed by atoms with E-state index in [1.165, 1.54) is 6.07 Å². The van der Waals surface area contributed by atoms with Gasteiger partial charge in [0.1, 0.15) is 5.75 Å². The second-order valence-corrected chi connectivity index (χ2v) is 8.40. The van der Waals surface area contributed by atoms with Gasteiger partial charge in [-0.25, -0.2) is 8.42 Å². The van der Waals surface area contributed by atoms with Gasteiger partial charge in [0.15, 0.2) is 5.75 Å². The molecule has 6 nitrogen and oxygen atoms in total. The van der Waals surface area contributed by atoms with Crippen LogP contribution in [0.5, 0.6) is 11.5 Å². The summed E-state index contributed by atoms with van der Waals surface area (Å²) in [6.45, 7) is 2.34. The Hall–Kier alpha value is -3.32. The first kappa shape index (κ1) is 19.0. The lowest BCUT2D eigenvalue weighted by Crippen LogP contribution is -2.29. The zero-order chi connectivity index (χ0) is 20.4. The first-order valence-electron chi connectivity index (χ1n) is 9.24. The van der Waals surface area contributed by atoms with Gasteiger partial charge in [-0.05, 0) is 42.8 Å². The van der Waals surface area contributed by atoms with E-state index < -0.39 is 10.0 Å². The fourth-order valence-electron chi connectivity index (χ4n) is 3.31. The molecule has 3 aromatic carbocycles. The molecule has 0 bridgehead atoms. The lowest BCUT2D eigenvalue weighted by molar-refractivity contribution is 0.0988. The molecule has 1 heterocycles. The molecule has 1 aliphatic heterocycles. The third-order valence-electron chi connectivity index (χ3n) is 4.62. The molecule has 29 heavy (non-hydrogen) atoms. The van der Waals surface area contributed by atoms with Gasteiger partial charge >= 0.3 is 0 Å². The Kier molecular flexibility index (Phi) is 4.98. The third kappa shape index (κ3) is 3.95. The van der Waals surface area contributed by atoms with Gasteiger partial charge in [0.2, 0.25) is 10.0 Å². The summed E-state index contributed by atoms with van der Waals surface area (Å²) in [6, 6.07) is 21.0. The van der Waals surface area contributed by atoms with Gasteiger partial charge in [-0.15, -0.1) is 0 Å².